The third kappa shape index (κ3) is 1.56. The first-order valence-corrected chi connectivity index (χ1v) is 4.79. The van der Waals surface area contributed by atoms with Crippen molar-refractivity contribution in [3.63, 3.8) is 0 Å². The Morgan fingerprint density at radius 1 is 1.33 bits per heavy atom. The predicted molar refractivity (Wildman–Crippen MR) is 52.9 cm³/mol. The maximum atomic E-state index is 3.19. The lowest BCUT2D eigenvalue weighted by atomic mass is 10.1. The second-order valence-corrected chi connectivity index (χ2v) is 3.34. The quantitative estimate of drug-likeness (QED) is 0.642. The van der Waals surface area contributed by atoms with Gasteiger partial charge in [0.15, 0.2) is 0 Å². The second kappa shape index (κ2) is 3.54. The minimum absolute atomic E-state index is 1.02. The molecule has 0 spiro atoms. The molecule has 2 aliphatic rings. The Kier molecular flexibility index (Phi) is 2.23. The van der Waals surface area contributed by atoms with Crippen LogP contribution in [-0.4, -0.2) is 0 Å². The van der Waals surface area contributed by atoms with Crippen LogP contribution in [0.1, 0.15) is 6.42 Å². The highest BCUT2D eigenvalue weighted by atomic mass is 32.2. The van der Waals surface area contributed by atoms with Crippen molar-refractivity contribution < 1.29 is 0 Å². The molecule has 0 atom stereocenters. The molecule has 0 aromatic rings. The lowest BCUT2D eigenvalue weighted by Crippen LogP contribution is -2.16. The van der Waals surface area contributed by atoms with Gasteiger partial charge in [-0.3, -0.25) is 0 Å². The van der Waals surface area contributed by atoms with Gasteiger partial charge in [-0.25, -0.2) is 0 Å². The fraction of sp³-hybridized carbons (Fsp3) is 0.111. The van der Waals surface area contributed by atoms with Gasteiger partial charge in [0, 0.05) is 18.6 Å². The summed E-state index contributed by atoms with van der Waals surface area (Å²) in [6.45, 7) is 0. The summed E-state index contributed by atoms with van der Waals surface area (Å²) in [5.41, 5.74) is 2.49. The Labute approximate surface area is 76.1 Å². The van der Waals surface area contributed by atoms with Crippen molar-refractivity contribution in [2.75, 3.05) is 0 Å². The van der Waals surface area contributed by atoms with E-state index in [2.05, 4.69) is 27.5 Å². The number of allylic oxidation sites excluding steroid dienone is 2. The molecule has 2 nitrogen and oxygen atoms in total. The SMILES string of the molecule is C1=CSC=C(C2=CNC=CN2)C1. The Bertz CT molecular complexity index is 257. The average molecular weight is 178 g/mol. The molecule has 0 fully saturated rings. The fourth-order valence-electron chi connectivity index (χ4n) is 1.11. The average Bonchev–Trinajstić information content (AvgIpc) is 2.21. The fourth-order valence-corrected chi connectivity index (χ4v) is 1.79. The van der Waals surface area contributed by atoms with Crippen LogP contribution in [0.5, 0.6) is 0 Å². The van der Waals surface area contributed by atoms with Crippen LogP contribution in [0.3, 0.4) is 0 Å². The van der Waals surface area contributed by atoms with Crippen LogP contribution in [0.15, 0.2) is 46.8 Å². The summed E-state index contributed by atoms with van der Waals surface area (Å²) >= 11 is 1.72. The van der Waals surface area contributed by atoms with Crippen LogP contribution in [-0.2, 0) is 0 Å². The van der Waals surface area contributed by atoms with Crippen molar-refractivity contribution in [2.45, 2.75) is 6.42 Å². The maximum Gasteiger partial charge on any atom is 0.0584 e. The van der Waals surface area contributed by atoms with E-state index >= 15 is 0 Å². The number of thioether (sulfide) groups is 1. The molecule has 0 aromatic heterocycles. The van der Waals surface area contributed by atoms with Gasteiger partial charge < -0.3 is 10.6 Å². The molecule has 0 aromatic carbocycles. The molecule has 2 rings (SSSR count). The first kappa shape index (κ1) is 7.55. The lowest BCUT2D eigenvalue weighted by molar-refractivity contribution is 0.948. The summed E-state index contributed by atoms with van der Waals surface area (Å²) in [6, 6.07) is 0. The normalized spacial score (nSPS) is 20.7. The van der Waals surface area contributed by atoms with Gasteiger partial charge in [0.2, 0.25) is 0 Å². The molecule has 0 saturated carbocycles. The van der Waals surface area contributed by atoms with E-state index in [1.807, 2.05) is 18.6 Å². The third-order valence-corrected chi connectivity index (χ3v) is 2.49. The monoisotopic (exact) mass is 178 g/mol. The van der Waals surface area contributed by atoms with E-state index in [0.29, 0.717) is 0 Å². The number of rotatable bonds is 1. The number of hydrogen-bond donors (Lipinski definition) is 2. The van der Waals surface area contributed by atoms with Gasteiger partial charge in [-0.2, -0.15) is 0 Å². The molecule has 2 heterocycles. The zero-order valence-corrected chi connectivity index (χ0v) is 7.40. The van der Waals surface area contributed by atoms with Crippen molar-refractivity contribution in [1.29, 1.82) is 0 Å². The largest absolute Gasteiger partial charge is 0.365 e. The predicted octanol–water partition coefficient (Wildman–Crippen LogP) is 2.03. The summed E-state index contributed by atoms with van der Waals surface area (Å²) in [5, 5.41) is 10.5. The minimum Gasteiger partial charge on any atom is -0.365 e. The zero-order valence-electron chi connectivity index (χ0n) is 6.58. The van der Waals surface area contributed by atoms with E-state index in [9.17, 15) is 0 Å². The molecule has 0 bridgehead atoms. The van der Waals surface area contributed by atoms with Crippen LogP contribution in [0.2, 0.25) is 0 Å². The molecule has 2 N–H and O–H groups in total. The molecule has 0 aliphatic carbocycles. The van der Waals surface area contributed by atoms with E-state index in [-0.39, 0.29) is 0 Å². The van der Waals surface area contributed by atoms with Crippen molar-refractivity contribution >= 4 is 11.8 Å². The lowest BCUT2D eigenvalue weighted by Gasteiger charge is -2.15. The number of hydrogen-bond acceptors (Lipinski definition) is 3. The molecule has 2 aliphatic heterocycles. The molecule has 0 amide bonds. The van der Waals surface area contributed by atoms with Crippen LogP contribution in [0, 0.1) is 0 Å². The summed E-state index contributed by atoms with van der Waals surface area (Å²) in [7, 11) is 0. The van der Waals surface area contributed by atoms with Crippen LogP contribution < -0.4 is 10.6 Å². The van der Waals surface area contributed by atoms with E-state index in [1.165, 1.54) is 5.57 Å². The van der Waals surface area contributed by atoms with Gasteiger partial charge in [0.1, 0.15) is 0 Å². The smallest absolute Gasteiger partial charge is 0.0584 e. The summed E-state index contributed by atoms with van der Waals surface area (Å²) in [6.07, 6.45) is 8.93. The molecule has 0 radical (unpaired) electrons. The van der Waals surface area contributed by atoms with E-state index in [4.69, 9.17) is 0 Å². The zero-order chi connectivity index (χ0) is 8.23. The van der Waals surface area contributed by atoms with Gasteiger partial charge >= 0.3 is 0 Å². The van der Waals surface area contributed by atoms with E-state index in [1.54, 1.807) is 11.8 Å². The molecule has 0 unspecified atom stereocenters. The molecule has 12 heavy (non-hydrogen) atoms. The summed E-state index contributed by atoms with van der Waals surface area (Å²) < 4.78 is 0. The Morgan fingerprint density at radius 3 is 3.00 bits per heavy atom. The first-order chi connectivity index (χ1) is 5.97. The van der Waals surface area contributed by atoms with Gasteiger partial charge in [0.25, 0.3) is 0 Å². The Hall–Kier alpha value is -1.09. The highest BCUT2D eigenvalue weighted by Gasteiger charge is 2.05. The van der Waals surface area contributed by atoms with Crippen LogP contribution in [0.4, 0.5) is 0 Å². The maximum absolute atomic E-state index is 3.19. The molecule has 62 valence electrons. The van der Waals surface area contributed by atoms with Crippen molar-refractivity contribution in [1.82, 2.24) is 10.6 Å². The van der Waals surface area contributed by atoms with Gasteiger partial charge in [-0.1, -0.05) is 6.08 Å². The van der Waals surface area contributed by atoms with E-state index in [0.717, 1.165) is 12.1 Å². The van der Waals surface area contributed by atoms with Crippen LogP contribution >= 0.6 is 11.8 Å². The van der Waals surface area contributed by atoms with Gasteiger partial charge in [-0.15, -0.1) is 11.8 Å². The molecular weight excluding hydrogens is 168 g/mol. The highest BCUT2D eigenvalue weighted by molar-refractivity contribution is 8.05. The van der Waals surface area contributed by atoms with Crippen molar-refractivity contribution in [2.24, 2.45) is 0 Å². The van der Waals surface area contributed by atoms with Gasteiger partial charge in [-0.05, 0) is 22.8 Å². The van der Waals surface area contributed by atoms with E-state index < -0.39 is 0 Å². The first-order valence-electron chi connectivity index (χ1n) is 3.84. The standard InChI is InChI=1S/C9H10N2S/c1-2-8(7-12-5-1)9-6-10-3-4-11-9/h1,3-7,10-11H,2H2. The topological polar surface area (TPSA) is 24.1 Å². The molecular formula is C9H10N2S. The van der Waals surface area contributed by atoms with Crippen molar-refractivity contribution in [3.8, 4) is 0 Å². The summed E-state index contributed by atoms with van der Waals surface area (Å²) in [5.74, 6) is 0. The van der Waals surface area contributed by atoms with Crippen LogP contribution in [0.25, 0.3) is 0 Å². The third-order valence-electron chi connectivity index (χ3n) is 1.71. The second-order valence-electron chi connectivity index (χ2n) is 2.56. The highest BCUT2D eigenvalue weighted by Crippen LogP contribution is 2.23. The van der Waals surface area contributed by atoms with Crippen molar-refractivity contribution in [3.05, 3.63) is 46.8 Å². The molecule has 3 heteroatoms. The Balaban J connectivity index is 2.08. The minimum atomic E-state index is 1.02. The summed E-state index contributed by atoms with van der Waals surface area (Å²) in [4.78, 5) is 0. The number of nitrogens with one attached hydrogen (secondary N) is 2. The van der Waals surface area contributed by atoms with Gasteiger partial charge in [0.05, 0.1) is 5.70 Å². The Morgan fingerprint density at radius 2 is 2.33 bits per heavy atom. The molecule has 0 saturated heterocycles.